The van der Waals surface area contributed by atoms with Gasteiger partial charge in [0.25, 0.3) is 0 Å². The Morgan fingerprint density at radius 3 is 2.43 bits per heavy atom. The molecule has 14 heavy (non-hydrogen) atoms. The van der Waals surface area contributed by atoms with Crippen LogP contribution >= 0.6 is 32.3 Å². The maximum Gasteiger partial charge on any atom is 0.166 e. The van der Waals surface area contributed by atoms with E-state index in [-0.39, 0.29) is 0 Å². The van der Waals surface area contributed by atoms with E-state index in [4.69, 9.17) is 16.8 Å². The molecule has 0 aliphatic carbocycles. The molecule has 1 heterocycles. The largest absolute Gasteiger partial charge is 0.410 e. The van der Waals surface area contributed by atoms with Crippen LogP contribution in [0.25, 0.3) is 10.4 Å². The van der Waals surface area contributed by atoms with Crippen LogP contribution in [0.15, 0.2) is 35.5 Å². The van der Waals surface area contributed by atoms with E-state index >= 15 is 0 Å². The molecule has 0 aliphatic heterocycles. The Hall–Kier alpha value is -0.840. The predicted molar refractivity (Wildman–Crippen MR) is 60.0 cm³/mol. The smallest absolute Gasteiger partial charge is 0.166 e. The van der Waals surface area contributed by atoms with Gasteiger partial charge in [0, 0.05) is 9.90 Å². The summed E-state index contributed by atoms with van der Waals surface area (Å²) in [5.74, 6) is 0. The summed E-state index contributed by atoms with van der Waals surface area (Å²) in [7, 11) is 3.02. The van der Waals surface area contributed by atoms with Crippen molar-refractivity contribution in [2.45, 2.75) is 0 Å². The van der Waals surface area contributed by atoms with Crippen molar-refractivity contribution in [2.75, 3.05) is 0 Å². The van der Waals surface area contributed by atoms with Crippen LogP contribution in [0.2, 0.25) is 5.02 Å². The third-order valence-electron chi connectivity index (χ3n) is 1.70. The van der Waals surface area contributed by atoms with E-state index in [9.17, 15) is 0 Å². The second-order valence-electron chi connectivity index (χ2n) is 2.62. The van der Waals surface area contributed by atoms with Crippen molar-refractivity contribution in [1.29, 1.82) is 0 Å². The summed E-state index contributed by atoms with van der Waals surface area (Å²) in [6.07, 6.45) is 0. The highest BCUT2D eigenvalue weighted by Gasteiger charge is 2.00. The van der Waals surface area contributed by atoms with Crippen LogP contribution in [0.5, 0.6) is 0 Å². The summed E-state index contributed by atoms with van der Waals surface area (Å²) in [4.78, 5) is 1.08. The van der Waals surface area contributed by atoms with Gasteiger partial charge in [-0.05, 0) is 23.8 Å². The summed E-state index contributed by atoms with van der Waals surface area (Å²) in [6, 6.07) is 9.43. The molecule has 0 atom stereocenters. The van der Waals surface area contributed by atoms with E-state index in [1.54, 1.807) is 10.3 Å². The van der Waals surface area contributed by atoms with Crippen LogP contribution < -0.4 is 4.67 Å². The van der Waals surface area contributed by atoms with Crippen molar-refractivity contribution in [3.8, 4) is 10.4 Å². The molecule has 1 aromatic carbocycles. The van der Waals surface area contributed by atoms with Crippen molar-refractivity contribution in [1.82, 2.24) is 0 Å². The summed E-state index contributed by atoms with van der Waals surface area (Å²) in [6.45, 7) is 0. The van der Waals surface area contributed by atoms with Gasteiger partial charge in [-0.1, -0.05) is 49.6 Å². The quantitative estimate of drug-likeness (QED) is 0.465. The molecule has 0 unspecified atom stereocenters. The number of hydrogen-bond acceptors (Lipinski definition) is 4. The second-order valence-corrected chi connectivity index (χ2v) is 5.25. The zero-order chi connectivity index (χ0) is 9.97. The third-order valence-corrected chi connectivity index (χ3v) is 4.24. The zero-order valence-corrected chi connectivity index (χ0v) is 9.36. The molecule has 2 rings (SSSR count). The Bertz CT molecular complexity index is 486. The molecule has 0 saturated carbocycles. The minimum absolute atomic E-state index is 0.625. The first kappa shape index (κ1) is 9.71. The highest BCUT2D eigenvalue weighted by Crippen LogP contribution is 2.26. The van der Waals surface area contributed by atoms with Gasteiger partial charge in [0.2, 0.25) is 0 Å². The van der Waals surface area contributed by atoms with Crippen LogP contribution in [0.3, 0.4) is 0 Å². The number of hydrogen-bond donors (Lipinski definition) is 1. The summed E-state index contributed by atoms with van der Waals surface area (Å²) in [5, 5.41) is 12.4. The van der Waals surface area contributed by atoms with Gasteiger partial charge in [-0.15, -0.1) is 0 Å². The maximum atomic E-state index is 8.56. The van der Waals surface area contributed by atoms with Crippen LogP contribution in [0.4, 0.5) is 0 Å². The van der Waals surface area contributed by atoms with E-state index < -0.39 is 0 Å². The summed E-state index contributed by atoms with van der Waals surface area (Å²) in [5.41, 5.74) is 1.09. The zero-order valence-electron chi connectivity index (χ0n) is 6.98. The number of benzene rings is 1. The molecule has 2 nitrogen and oxygen atoms in total. The minimum atomic E-state index is 0.625. The first-order chi connectivity index (χ1) is 6.79. The van der Waals surface area contributed by atoms with E-state index in [1.165, 1.54) is 10.3 Å². The summed E-state index contributed by atoms with van der Waals surface area (Å²) < 4.78 is 0.625. The fraction of sp³-hybridized carbons (Fsp3) is 0. The Morgan fingerprint density at radius 1 is 1.14 bits per heavy atom. The first-order valence-corrected chi connectivity index (χ1v) is 6.36. The Labute approximate surface area is 93.1 Å². The van der Waals surface area contributed by atoms with Gasteiger partial charge in [0.15, 0.2) is 4.67 Å². The van der Waals surface area contributed by atoms with E-state index in [0.717, 1.165) is 15.5 Å². The molecule has 2 aromatic rings. The van der Waals surface area contributed by atoms with Crippen molar-refractivity contribution >= 4 is 32.3 Å². The highest BCUT2D eigenvalue weighted by atomic mass is 35.5. The molecule has 72 valence electrons. The number of rotatable bonds is 1. The number of nitrogens with zero attached hydrogens (tertiary/aromatic N) is 1. The topological polar surface area (TPSA) is 32.6 Å². The SMILES string of the molecule is O/N=c1/cc(-c2ccc(Cl)cc2)ss1. The van der Waals surface area contributed by atoms with Crippen LogP contribution in [-0.4, -0.2) is 5.21 Å². The molecule has 1 N–H and O–H groups in total. The Kier molecular flexibility index (Phi) is 2.86. The lowest BCUT2D eigenvalue weighted by Crippen LogP contribution is -1.87. The average Bonchev–Trinajstić information content (AvgIpc) is 2.67. The van der Waals surface area contributed by atoms with Gasteiger partial charge in [0.05, 0.1) is 0 Å². The minimum Gasteiger partial charge on any atom is -0.410 e. The van der Waals surface area contributed by atoms with Gasteiger partial charge in [-0.2, -0.15) is 0 Å². The van der Waals surface area contributed by atoms with Gasteiger partial charge in [0.1, 0.15) is 0 Å². The normalized spacial score (nSPS) is 11.9. The lowest BCUT2D eigenvalue weighted by molar-refractivity contribution is 0.304. The van der Waals surface area contributed by atoms with Crippen LogP contribution in [-0.2, 0) is 0 Å². The van der Waals surface area contributed by atoms with Gasteiger partial charge in [-0.25, -0.2) is 0 Å². The molecule has 0 aliphatic rings. The molecule has 0 bridgehead atoms. The third kappa shape index (κ3) is 1.97. The molecule has 0 amide bonds. The van der Waals surface area contributed by atoms with Crippen LogP contribution in [0.1, 0.15) is 0 Å². The van der Waals surface area contributed by atoms with Gasteiger partial charge in [-0.3, -0.25) is 0 Å². The van der Waals surface area contributed by atoms with Crippen molar-refractivity contribution in [3.63, 3.8) is 0 Å². The molecule has 0 radical (unpaired) electrons. The monoisotopic (exact) mass is 243 g/mol. The van der Waals surface area contributed by atoms with Gasteiger partial charge < -0.3 is 5.21 Å². The van der Waals surface area contributed by atoms with Crippen molar-refractivity contribution < 1.29 is 5.21 Å². The lowest BCUT2D eigenvalue weighted by atomic mass is 10.2. The highest BCUT2D eigenvalue weighted by molar-refractivity contribution is 7.69. The molecular weight excluding hydrogens is 238 g/mol. The second kappa shape index (κ2) is 4.13. The molecule has 0 saturated heterocycles. The predicted octanol–water partition coefficient (Wildman–Crippen LogP) is 3.42. The first-order valence-electron chi connectivity index (χ1n) is 3.84. The fourth-order valence-electron chi connectivity index (χ4n) is 1.04. The Balaban J connectivity index is 2.44. The van der Waals surface area contributed by atoms with E-state index in [2.05, 4.69) is 5.16 Å². The molecule has 0 spiro atoms. The maximum absolute atomic E-state index is 8.56. The van der Waals surface area contributed by atoms with Crippen molar-refractivity contribution in [2.24, 2.45) is 5.16 Å². The van der Waals surface area contributed by atoms with Crippen molar-refractivity contribution in [3.05, 3.63) is 40.0 Å². The standard InChI is InChI=1S/C9H6ClNOS2/c10-7-3-1-6(2-4-7)8-5-9(11-12)14-13-8/h1-5,12H/b11-9-. The molecular formula is C9H6ClNOS2. The van der Waals surface area contributed by atoms with Gasteiger partial charge >= 0.3 is 0 Å². The summed E-state index contributed by atoms with van der Waals surface area (Å²) >= 11 is 5.78. The van der Waals surface area contributed by atoms with E-state index in [0.29, 0.717) is 4.67 Å². The average molecular weight is 244 g/mol. The van der Waals surface area contributed by atoms with Crippen LogP contribution in [0, 0.1) is 0 Å². The lowest BCUT2D eigenvalue weighted by Gasteiger charge is -1.95. The van der Waals surface area contributed by atoms with E-state index in [1.807, 2.05) is 30.3 Å². The fourth-order valence-corrected chi connectivity index (χ4v) is 3.21. The Morgan fingerprint density at radius 2 is 1.86 bits per heavy atom. The number of halogens is 1. The molecule has 0 fully saturated rings. The molecule has 5 heteroatoms. The molecule has 1 aromatic heterocycles.